The molecule has 2 aromatic carbocycles. The smallest absolute Gasteiger partial charge is 0.424 e. The fourth-order valence-corrected chi connectivity index (χ4v) is 4.78. The number of ether oxygens (including phenoxy) is 3. The van der Waals surface area contributed by atoms with Gasteiger partial charge in [0.05, 0.1) is 25.5 Å². The summed E-state index contributed by atoms with van der Waals surface area (Å²) in [5.74, 6) is -1.41. The van der Waals surface area contributed by atoms with E-state index in [4.69, 9.17) is 14.2 Å². The Balaban J connectivity index is 1.54. The topological polar surface area (TPSA) is 119 Å². The highest BCUT2D eigenvalue weighted by atomic mass is 19.4. The van der Waals surface area contributed by atoms with E-state index in [0.29, 0.717) is 5.75 Å². The number of halogens is 4. The van der Waals surface area contributed by atoms with Gasteiger partial charge in [0.15, 0.2) is 11.5 Å². The van der Waals surface area contributed by atoms with E-state index in [0.717, 1.165) is 31.0 Å². The molecule has 228 valence electrons. The Morgan fingerprint density at radius 1 is 1.12 bits per heavy atom. The minimum atomic E-state index is -5.33. The number of methoxy groups -OCH3 is 1. The van der Waals surface area contributed by atoms with Crippen LogP contribution in [0.4, 0.5) is 17.6 Å². The Morgan fingerprint density at radius 3 is 2.42 bits per heavy atom. The standard InChI is InChI=1S/C30H29F4N3O6/c1-28(27(39)35-2)15-42-25-20(28)13-23(37-24(25)16-4-7-18(31)8-5-16)29(40,30(32,33)34)14-36-26(38)17-6-11-21(22(12-17)41-3)43-19-9-10-19/h4-8,11-13,19,40H,9-10,14-15H2,1-3H3,(H,35,39)(H,36,38)/t28-,29?/m0/s1. The minimum absolute atomic E-state index is 0.0237. The zero-order valence-corrected chi connectivity index (χ0v) is 23.5. The summed E-state index contributed by atoms with van der Waals surface area (Å²) >= 11 is 0. The number of nitrogens with one attached hydrogen (secondary N) is 2. The summed E-state index contributed by atoms with van der Waals surface area (Å²) in [6.07, 6.45) is -3.51. The summed E-state index contributed by atoms with van der Waals surface area (Å²) in [7, 11) is 2.74. The van der Waals surface area contributed by atoms with E-state index in [9.17, 15) is 32.3 Å². The number of aliphatic hydroxyl groups is 1. The van der Waals surface area contributed by atoms with E-state index in [1.807, 2.05) is 0 Å². The molecule has 1 fully saturated rings. The molecule has 0 saturated heterocycles. The largest absolute Gasteiger partial charge is 0.493 e. The molecule has 13 heteroatoms. The third-order valence-electron chi connectivity index (χ3n) is 7.56. The number of alkyl halides is 3. The van der Waals surface area contributed by atoms with Crippen LogP contribution in [0.1, 0.15) is 41.4 Å². The van der Waals surface area contributed by atoms with Gasteiger partial charge in [0.2, 0.25) is 11.5 Å². The first kappa shape index (κ1) is 30.1. The molecule has 1 aliphatic carbocycles. The molecule has 1 aliphatic heterocycles. The first-order valence-corrected chi connectivity index (χ1v) is 13.4. The second kappa shape index (κ2) is 11.0. The van der Waals surface area contributed by atoms with Crippen molar-refractivity contribution in [1.82, 2.24) is 15.6 Å². The second-order valence-electron chi connectivity index (χ2n) is 10.7. The van der Waals surface area contributed by atoms with Crippen LogP contribution in [0.15, 0.2) is 48.5 Å². The lowest BCUT2D eigenvalue weighted by atomic mass is 9.81. The number of aromatic nitrogens is 1. The number of hydrogen-bond acceptors (Lipinski definition) is 7. The first-order valence-electron chi connectivity index (χ1n) is 13.4. The monoisotopic (exact) mass is 603 g/mol. The van der Waals surface area contributed by atoms with Crippen LogP contribution in [0.3, 0.4) is 0 Å². The molecule has 1 unspecified atom stereocenters. The number of benzene rings is 2. The fourth-order valence-electron chi connectivity index (χ4n) is 4.78. The van der Waals surface area contributed by atoms with Gasteiger partial charge < -0.3 is 30.0 Å². The van der Waals surface area contributed by atoms with Gasteiger partial charge in [0.25, 0.3) is 5.91 Å². The van der Waals surface area contributed by atoms with Gasteiger partial charge in [-0.3, -0.25) is 9.59 Å². The lowest BCUT2D eigenvalue weighted by molar-refractivity contribution is -0.265. The van der Waals surface area contributed by atoms with E-state index in [1.54, 1.807) is 0 Å². The normalized spacial score (nSPS) is 19.1. The Hall–Kier alpha value is -4.39. The average molecular weight is 604 g/mol. The molecule has 1 aromatic heterocycles. The van der Waals surface area contributed by atoms with E-state index in [2.05, 4.69) is 15.6 Å². The Morgan fingerprint density at radius 2 is 1.81 bits per heavy atom. The maximum atomic E-state index is 14.7. The molecular weight excluding hydrogens is 574 g/mol. The van der Waals surface area contributed by atoms with Gasteiger partial charge in [-0.1, -0.05) is 0 Å². The molecule has 9 nitrogen and oxygen atoms in total. The molecule has 3 aromatic rings. The van der Waals surface area contributed by atoms with E-state index in [1.165, 1.54) is 51.4 Å². The van der Waals surface area contributed by atoms with Gasteiger partial charge in [-0.2, -0.15) is 13.2 Å². The lowest BCUT2D eigenvalue weighted by Gasteiger charge is -2.31. The highest BCUT2D eigenvalue weighted by Gasteiger charge is 2.57. The number of pyridine rings is 1. The van der Waals surface area contributed by atoms with E-state index >= 15 is 0 Å². The number of nitrogens with zero attached hydrogens (tertiary/aromatic N) is 1. The quantitative estimate of drug-likeness (QED) is 0.316. The highest BCUT2D eigenvalue weighted by molar-refractivity contribution is 5.95. The predicted molar refractivity (Wildman–Crippen MR) is 145 cm³/mol. The first-order chi connectivity index (χ1) is 20.3. The highest BCUT2D eigenvalue weighted by Crippen LogP contribution is 2.48. The molecule has 2 aliphatic rings. The van der Waals surface area contributed by atoms with Gasteiger partial charge in [-0.15, -0.1) is 0 Å². The van der Waals surface area contributed by atoms with Gasteiger partial charge in [0, 0.05) is 23.7 Å². The fraction of sp³-hybridized carbons (Fsp3) is 0.367. The Labute approximate surface area is 244 Å². The molecule has 0 bridgehead atoms. The zero-order valence-electron chi connectivity index (χ0n) is 23.5. The molecular formula is C30H29F4N3O6. The average Bonchev–Trinajstić information content (AvgIpc) is 3.74. The summed E-state index contributed by atoms with van der Waals surface area (Å²) in [6, 6.07) is 9.90. The van der Waals surface area contributed by atoms with Crippen LogP contribution in [0.5, 0.6) is 17.2 Å². The summed E-state index contributed by atoms with van der Waals surface area (Å²) in [6.45, 7) is -0.0523. The summed E-state index contributed by atoms with van der Waals surface area (Å²) < 4.78 is 74.4. The predicted octanol–water partition coefficient (Wildman–Crippen LogP) is 4.01. The number of hydrogen-bond donors (Lipinski definition) is 3. The van der Waals surface area contributed by atoms with Gasteiger partial charge in [0.1, 0.15) is 29.3 Å². The zero-order chi connectivity index (χ0) is 31.2. The minimum Gasteiger partial charge on any atom is -0.493 e. The Bertz CT molecular complexity index is 1560. The number of rotatable bonds is 9. The maximum Gasteiger partial charge on any atom is 0.424 e. The molecule has 2 amide bonds. The SMILES string of the molecule is CNC(=O)[C@@]1(C)COc2c1cc(C(O)(CNC(=O)c1ccc(OC3CC3)c(OC)c1)C(F)(F)F)nc2-c1ccc(F)cc1. The van der Waals surface area contributed by atoms with Crippen molar-refractivity contribution in [3.8, 4) is 28.5 Å². The van der Waals surface area contributed by atoms with Gasteiger partial charge in [-0.05, 0) is 68.3 Å². The van der Waals surface area contributed by atoms with Crippen molar-refractivity contribution in [1.29, 1.82) is 0 Å². The van der Waals surface area contributed by atoms with Gasteiger partial charge in [-0.25, -0.2) is 9.37 Å². The van der Waals surface area contributed by atoms with E-state index in [-0.39, 0.29) is 46.6 Å². The van der Waals surface area contributed by atoms with Crippen molar-refractivity contribution >= 4 is 11.8 Å². The lowest BCUT2D eigenvalue weighted by Crippen LogP contribution is -2.52. The molecule has 0 radical (unpaired) electrons. The van der Waals surface area contributed by atoms with E-state index < -0.39 is 47.1 Å². The third-order valence-corrected chi connectivity index (χ3v) is 7.56. The van der Waals surface area contributed by atoms with Crippen molar-refractivity contribution in [2.45, 2.75) is 43.1 Å². The number of amides is 2. The van der Waals surface area contributed by atoms with Crippen LogP contribution >= 0.6 is 0 Å². The van der Waals surface area contributed by atoms with Crippen LogP contribution in [0.2, 0.25) is 0 Å². The molecule has 43 heavy (non-hydrogen) atoms. The maximum absolute atomic E-state index is 14.7. The summed E-state index contributed by atoms with van der Waals surface area (Å²) in [5.41, 5.74) is -5.95. The second-order valence-corrected chi connectivity index (χ2v) is 10.7. The third kappa shape index (κ3) is 5.56. The van der Waals surface area contributed by atoms with Crippen LogP contribution < -0.4 is 24.8 Å². The molecule has 3 N–H and O–H groups in total. The summed E-state index contributed by atoms with van der Waals surface area (Å²) in [4.78, 5) is 29.9. The van der Waals surface area contributed by atoms with Crippen LogP contribution in [-0.4, -0.2) is 61.5 Å². The van der Waals surface area contributed by atoms with Crippen LogP contribution in [0, 0.1) is 5.82 Å². The van der Waals surface area contributed by atoms with Crippen molar-refractivity contribution in [3.63, 3.8) is 0 Å². The van der Waals surface area contributed by atoms with Crippen molar-refractivity contribution in [2.75, 3.05) is 27.3 Å². The molecule has 1 saturated carbocycles. The molecule has 2 atom stereocenters. The van der Waals surface area contributed by atoms with Gasteiger partial charge >= 0.3 is 6.18 Å². The van der Waals surface area contributed by atoms with Crippen molar-refractivity contribution < 1.29 is 46.5 Å². The summed E-state index contributed by atoms with van der Waals surface area (Å²) in [5, 5.41) is 15.9. The van der Waals surface area contributed by atoms with Crippen LogP contribution in [0.25, 0.3) is 11.3 Å². The molecule has 5 rings (SSSR count). The van der Waals surface area contributed by atoms with Crippen molar-refractivity contribution in [2.24, 2.45) is 0 Å². The Kier molecular flexibility index (Phi) is 7.71. The number of fused-ring (bicyclic) bond motifs is 1. The molecule has 0 spiro atoms. The molecule has 2 heterocycles. The van der Waals surface area contributed by atoms with Crippen molar-refractivity contribution in [3.05, 3.63) is 71.2 Å². The number of likely N-dealkylation sites (N-methyl/N-ethyl adjacent to an activating group) is 1. The number of carbonyl (C=O) groups is 2. The number of carbonyl (C=O) groups excluding carboxylic acids is 2. The van der Waals surface area contributed by atoms with Crippen LogP contribution in [-0.2, 0) is 15.8 Å².